The van der Waals surface area contributed by atoms with Crippen LogP contribution >= 0.6 is 0 Å². The van der Waals surface area contributed by atoms with Gasteiger partial charge in [-0.15, -0.1) is 0 Å². The molecule has 0 spiro atoms. The maximum atomic E-state index is 6.51. The number of ether oxygens (including phenoxy) is 1. The maximum absolute atomic E-state index is 6.51. The molecule has 1 heteroatoms. The molecular formula is C42H24O. The molecule has 198 valence electrons. The Labute approximate surface area is 248 Å². The standard InChI is InChI=1S/C42H24O/c1-2-8-32-31(5-1)24-39-42-34(32)9-4-10-35(42)37-23-30(19-22-38(37)43-39)25-11-13-26(14-12-25)33-20-17-29-16-15-27-6-3-7-28-18-21-36(33)41(29)40(27)28/h1-24H. The second-order valence-corrected chi connectivity index (χ2v) is 11.7. The Hall–Kier alpha value is -5.66. The third-order valence-electron chi connectivity index (χ3n) is 9.40. The van der Waals surface area contributed by atoms with Crippen LogP contribution in [0.2, 0.25) is 0 Å². The zero-order valence-electron chi connectivity index (χ0n) is 23.3. The lowest BCUT2D eigenvalue weighted by Crippen LogP contribution is -1.98. The molecule has 0 aliphatic carbocycles. The van der Waals surface area contributed by atoms with Gasteiger partial charge in [-0.05, 0) is 94.5 Å². The fourth-order valence-electron chi connectivity index (χ4n) is 7.39. The Balaban J connectivity index is 1.09. The molecule has 0 saturated heterocycles. The summed E-state index contributed by atoms with van der Waals surface area (Å²) in [6.45, 7) is 0. The smallest absolute Gasteiger partial charge is 0.136 e. The van der Waals surface area contributed by atoms with Gasteiger partial charge in [0.1, 0.15) is 11.5 Å². The summed E-state index contributed by atoms with van der Waals surface area (Å²) < 4.78 is 6.51. The molecule has 9 aromatic rings. The van der Waals surface area contributed by atoms with Crippen molar-refractivity contribution < 1.29 is 4.74 Å². The van der Waals surface area contributed by atoms with Crippen LogP contribution in [0.3, 0.4) is 0 Å². The Kier molecular flexibility index (Phi) is 4.51. The minimum atomic E-state index is 0.907. The summed E-state index contributed by atoms with van der Waals surface area (Å²) in [7, 11) is 0. The molecule has 0 radical (unpaired) electrons. The molecule has 0 atom stereocenters. The van der Waals surface area contributed by atoms with E-state index < -0.39 is 0 Å². The lowest BCUT2D eigenvalue weighted by atomic mass is 9.89. The van der Waals surface area contributed by atoms with E-state index in [1.54, 1.807) is 0 Å². The van der Waals surface area contributed by atoms with Crippen molar-refractivity contribution in [3.8, 4) is 44.9 Å². The van der Waals surface area contributed by atoms with Gasteiger partial charge in [-0.1, -0.05) is 127 Å². The monoisotopic (exact) mass is 544 g/mol. The summed E-state index contributed by atoms with van der Waals surface area (Å²) in [5.41, 5.74) is 7.25. The molecule has 0 bridgehead atoms. The maximum Gasteiger partial charge on any atom is 0.136 e. The van der Waals surface area contributed by atoms with Crippen LogP contribution in [-0.2, 0) is 0 Å². The summed E-state index contributed by atoms with van der Waals surface area (Å²) in [5.74, 6) is 1.84. The summed E-state index contributed by atoms with van der Waals surface area (Å²) in [6.07, 6.45) is 0. The van der Waals surface area contributed by atoms with Gasteiger partial charge in [0.05, 0.1) is 0 Å². The van der Waals surface area contributed by atoms with Gasteiger partial charge in [-0.25, -0.2) is 0 Å². The zero-order chi connectivity index (χ0) is 28.1. The first kappa shape index (κ1) is 23.0. The molecule has 0 saturated carbocycles. The predicted octanol–water partition coefficient (Wildman–Crippen LogP) is 12.0. The van der Waals surface area contributed by atoms with Crippen LogP contribution in [0.1, 0.15) is 0 Å². The van der Waals surface area contributed by atoms with Crippen molar-refractivity contribution in [2.75, 3.05) is 0 Å². The van der Waals surface area contributed by atoms with Crippen LogP contribution in [0.25, 0.3) is 87.2 Å². The van der Waals surface area contributed by atoms with Crippen molar-refractivity contribution in [2.24, 2.45) is 0 Å². The molecule has 0 amide bonds. The van der Waals surface area contributed by atoms with Gasteiger partial charge in [-0.2, -0.15) is 0 Å². The number of benzene rings is 9. The Morgan fingerprint density at radius 3 is 1.86 bits per heavy atom. The first-order valence-electron chi connectivity index (χ1n) is 14.8. The highest BCUT2D eigenvalue weighted by Crippen LogP contribution is 2.49. The average molecular weight is 545 g/mol. The molecule has 1 aliphatic heterocycles. The molecular weight excluding hydrogens is 520 g/mol. The van der Waals surface area contributed by atoms with Gasteiger partial charge < -0.3 is 4.74 Å². The van der Waals surface area contributed by atoms with Crippen LogP contribution in [0.4, 0.5) is 0 Å². The molecule has 1 aliphatic rings. The molecule has 0 aromatic heterocycles. The lowest BCUT2D eigenvalue weighted by Gasteiger charge is -2.23. The molecule has 10 rings (SSSR count). The molecule has 43 heavy (non-hydrogen) atoms. The van der Waals surface area contributed by atoms with E-state index in [0.717, 1.165) is 17.1 Å². The van der Waals surface area contributed by atoms with Gasteiger partial charge in [0.2, 0.25) is 0 Å². The van der Waals surface area contributed by atoms with Crippen molar-refractivity contribution in [2.45, 2.75) is 0 Å². The van der Waals surface area contributed by atoms with Crippen molar-refractivity contribution in [3.05, 3.63) is 146 Å². The minimum absolute atomic E-state index is 0.907. The fourth-order valence-corrected chi connectivity index (χ4v) is 7.39. The SMILES string of the molecule is c1ccc2c(c1)cc1c3c(cccc32)-c2cc(-c3ccc(-c4ccc5ccc6cccc7ccc4c5c67)cc3)ccc2O1. The highest BCUT2D eigenvalue weighted by molar-refractivity contribution is 6.25. The topological polar surface area (TPSA) is 9.23 Å². The van der Waals surface area contributed by atoms with E-state index in [0.29, 0.717) is 0 Å². The second kappa shape index (κ2) is 8.44. The van der Waals surface area contributed by atoms with E-state index >= 15 is 0 Å². The van der Waals surface area contributed by atoms with Gasteiger partial charge in [-0.3, -0.25) is 0 Å². The van der Waals surface area contributed by atoms with E-state index in [1.165, 1.54) is 81.7 Å². The first-order valence-corrected chi connectivity index (χ1v) is 14.8. The van der Waals surface area contributed by atoms with E-state index in [-0.39, 0.29) is 0 Å². The van der Waals surface area contributed by atoms with Gasteiger partial charge in [0.25, 0.3) is 0 Å². The van der Waals surface area contributed by atoms with E-state index in [1.807, 2.05) is 0 Å². The van der Waals surface area contributed by atoms with E-state index in [9.17, 15) is 0 Å². The van der Waals surface area contributed by atoms with Crippen LogP contribution in [-0.4, -0.2) is 0 Å². The number of rotatable bonds is 2. The van der Waals surface area contributed by atoms with Crippen LogP contribution < -0.4 is 4.74 Å². The largest absolute Gasteiger partial charge is 0.456 e. The average Bonchev–Trinajstić information content (AvgIpc) is 3.07. The fraction of sp³-hybridized carbons (Fsp3) is 0. The number of fused-ring (bicyclic) bond motifs is 4. The second-order valence-electron chi connectivity index (χ2n) is 11.7. The summed E-state index contributed by atoms with van der Waals surface area (Å²) in [4.78, 5) is 0. The Bertz CT molecular complexity index is 2560. The quantitative estimate of drug-likeness (QED) is 0.197. The third-order valence-corrected chi connectivity index (χ3v) is 9.40. The van der Waals surface area contributed by atoms with Crippen molar-refractivity contribution >= 4 is 53.9 Å². The summed E-state index contributed by atoms with van der Waals surface area (Å²) in [6, 6.07) is 53.1. The van der Waals surface area contributed by atoms with Gasteiger partial charge in [0.15, 0.2) is 0 Å². The van der Waals surface area contributed by atoms with Gasteiger partial charge >= 0.3 is 0 Å². The molecule has 1 heterocycles. The lowest BCUT2D eigenvalue weighted by molar-refractivity contribution is 0.488. The minimum Gasteiger partial charge on any atom is -0.456 e. The zero-order valence-corrected chi connectivity index (χ0v) is 23.3. The van der Waals surface area contributed by atoms with Crippen molar-refractivity contribution in [1.82, 2.24) is 0 Å². The van der Waals surface area contributed by atoms with Crippen LogP contribution in [0.15, 0.2) is 146 Å². The molecule has 1 nitrogen and oxygen atoms in total. The molecule has 0 N–H and O–H groups in total. The van der Waals surface area contributed by atoms with E-state index in [2.05, 4.69) is 146 Å². The number of hydrogen-bond donors (Lipinski definition) is 0. The molecule has 9 aromatic carbocycles. The predicted molar refractivity (Wildman–Crippen MR) is 182 cm³/mol. The molecule has 0 unspecified atom stereocenters. The molecule has 0 fully saturated rings. The first-order chi connectivity index (χ1) is 21.3. The normalized spacial score (nSPS) is 12.4. The van der Waals surface area contributed by atoms with Crippen molar-refractivity contribution in [1.29, 1.82) is 0 Å². The highest BCUT2D eigenvalue weighted by Gasteiger charge is 2.22. The van der Waals surface area contributed by atoms with Gasteiger partial charge in [0, 0.05) is 10.9 Å². The summed E-state index contributed by atoms with van der Waals surface area (Å²) >= 11 is 0. The Morgan fingerprint density at radius 1 is 0.302 bits per heavy atom. The Morgan fingerprint density at radius 2 is 0.977 bits per heavy atom. The third kappa shape index (κ3) is 3.22. The van der Waals surface area contributed by atoms with Crippen LogP contribution in [0.5, 0.6) is 11.5 Å². The van der Waals surface area contributed by atoms with Crippen LogP contribution in [0, 0.1) is 0 Å². The highest BCUT2D eigenvalue weighted by atomic mass is 16.5. The summed E-state index contributed by atoms with van der Waals surface area (Å²) in [5, 5.41) is 12.8. The van der Waals surface area contributed by atoms with Crippen molar-refractivity contribution in [3.63, 3.8) is 0 Å². The van der Waals surface area contributed by atoms with E-state index in [4.69, 9.17) is 4.74 Å². The number of hydrogen-bond acceptors (Lipinski definition) is 1.